The van der Waals surface area contributed by atoms with E-state index >= 15 is 0 Å². The molecule has 1 atom stereocenters. The standard InChI is InChI=1S/C22H31FN4O2/c1-17(29-20-11-9-19(23)10-12-20)15-25-22(24-2)26-16-18-7-5-6-8-21(18)28-14-13-27(3)4/h5-12,17H,13-16H2,1-4H3,(H2,24,25,26). The number of aliphatic imine (C=N–C) groups is 1. The van der Waals surface area contributed by atoms with Crippen molar-refractivity contribution in [3.8, 4) is 11.5 Å². The molecule has 6 nitrogen and oxygen atoms in total. The van der Waals surface area contributed by atoms with Crippen molar-refractivity contribution in [2.45, 2.75) is 19.6 Å². The topological polar surface area (TPSA) is 58.1 Å². The number of likely N-dealkylation sites (N-methyl/N-ethyl adjacent to an activating group) is 1. The summed E-state index contributed by atoms with van der Waals surface area (Å²) in [5.74, 6) is 1.89. The zero-order chi connectivity index (χ0) is 21.1. The second-order valence-corrected chi connectivity index (χ2v) is 6.95. The van der Waals surface area contributed by atoms with Crippen LogP contribution in [0, 0.1) is 5.82 Å². The Kier molecular flexibility index (Phi) is 9.24. The SMILES string of the molecule is CN=C(NCc1ccccc1OCCN(C)C)NCC(C)Oc1ccc(F)cc1. The van der Waals surface area contributed by atoms with E-state index in [0.29, 0.717) is 31.4 Å². The van der Waals surface area contributed by atoms with Gasteiger partial charge in [0.1, 0.15) is 30.0 Å². The van der Waals surface area contributed by atoms with Crippen molar-refractivity contribution in [2.75, 3.05) is 40.8 Å². The minimum Gasteiger partial charge on any atom is -0.492 e. The molecule has 29 heavy (non-hydrogen) atoms. The number of guanidine groups is 1. The lowest BCUT2D eigenvalue weighted by Gasteiger charge is -2.18. The van der Waals surface area contributed by atoms with Crippen LogP contribution in [0.3, 0.4) is 0 Å². The summed E-state index contributed by atoms with van der Waals surface area (Å²) in [7, 11) is 5.76. The quantitative estimate of drug-likeness (QED) is 0.473. The lowest BCUT2D eigenvalue weighted by molar-refractivity contribution is 0.223. The van der Waals surface area contributed by atoms with Gasteiger partial charge in [0.05, 0.1) is 6.54 Å². The molecular formula is C22H31FN4O2. The predicted octanol–water partition coefficient (Wildman–Crippen LogP) is 2.90. The number of benzene rings is 2. The molecule has 158 valence electrons. The summed E-state index contributed by atoms with van der Waals surface area (Å²) in [6.07, 6.45) is -0.110. The molecule has 0 amide bonds. The van der Waals surface area contributed by atoms with E-state index in [1.807, 2.05) is 45.3 Å². The summed E-state index contributed by atoms with van der Waals surface area (Å²) >= 11 is 0. The van der Waals surface area contributed by atoms with Gasteiger partial charge in [-0.25, -0.2) is 4.39 Å². The van der Waals surface area contributed by atoms with Gasteiger partial charge in [-0.2, -0.15) is 0 Å². The zero-order valence-electron chi connectivity index (χ0n) is 17.6. The van der Waals surface area contributed by atoms with Crippen molar-refractivity contribution in [1.29, 1.82) is 0 Å². The van der Waals surface area contributed by atoms with Crippen molar-refractivity contribution < 1.29 is 13.9 Å². The molecule has 0 aliphatic heterocycles. The first kappa shape index (κ1) is 22.5. The average Bonchev–Trinajstić information content (AvgIpc) is 2.70. The highest BCUT2D eigenvalue weighted by Gasteiger charge is 2.08. The fourth-order valence-electron chi connectivity index (χ4n) is 2.56. The van der Waals surface area contributed by atoms with Crippen LogP contribution >= 0.6 is 0 Å². The first-order chi connectivity index (χ1) is 14.0. The van der Waals surface area contributed by atoms with E-state index in [-0.39, 0.29) is 11.9 Å². The van der Waals surface area contributed by atoms with Crippen molar-refractivity contribution >= 4 is 5.96 Å². The molecule has 0 aliphatic rings. The van der Waals surface area contributed by atoms with Crippen LogP contribution in [0.1, 0.15) is 12.5 Å². The summed E-state index contributed by atoms with van der Waals surface area (Å²) in [5.41, 5.74) is 1.06. The van der Waals surface area contributed by atoms with E-state index in [4.69, 9.17) is 9.47 Å². The Morgan fingerprint density at radius 1 is 1.10 bits per heavy atom. The Hall–Kier alpha value is -2.80. The van der Waals surface area contributed by atoms with Gasteiger partial charge >= 0.3 is 0 Å². The second-order valence-electron chi connectivity index (χ2n) is 6.95. The normalized spacial score (nSPS) is 12.6. The molecule has 0 fully saturated rings. The van der Waals surface area contributed by atoms with Crippen LogP contribution in [0.25, 0.3) is 0 Å². The highest BCUT2D eigenvalue weighted by Crippen LogP contribution is 2.17. The van der Waals surface area contributed by atoms with Crippen LogP contribution in [0.5, 0.6) is 11.5 Å². The fraction of sp³-hybridized carbons (Fsp3) is 0.409. The number of rotatable bonds is 10. The van der Waals surface area contributed by atoms with E-state index in [9.17, 15) is 4.39 Å². The van der Waals surface area contributed by atoms with Gasteiger partial charge in [-0.15, -0.1) is 0 Å². The number of nitrogens with one attached hydrogen (secondary N) is 2. The molecule has 7 heteroatoms. The van der Waals surface area contributed by atoms with Crippen molar-refractivity contribution in [3.05, 3.63) is 59.9 Å². The Morgan fingerprint density at radius 3 is 2.52 bits per heavy atom. The predicted molar refractivity (Wildman–Crippen MR) is 115 cm³/mol. The fourth-order valence-corrected chi connectivity index (χ4v) is 2.56. The third kappa shape index (κ3) is 8.39. The van der Waals surface area contributed by atoms with Crippen LogP contribution < -0.4 is 20.1 Å². The van der Waals surface area contributed by atoms with Gasteiger partial charge in [-0.1, -0.05) is 18.2 Å². The molecule has 2 aromatic carbocycles. The lowest BCUT2D eigenvalue weighted by atomic mass is 10.2. The average molecular weight is 403 g/mol. The van der Waals surface area contributed by atoms with Gasteiger partial charge in [-0.3, -0.25) is 4.99 Å². The summed E-state index contributed by atoms with van der Waals surface area (Å²) in [4.78, 5) is 6.34. The minimum absolute atomic E-state index is 0.110. The Balaban J connectivity index is 1.80. The van der Waals surface area contributed by atoms with Crippen LogP contribution in [0.4, 0.5) is 4.39 Å². The molecule has 0 saturated heterocycles. The molecule has 0 saturated carbocycles. The van der Waals surface area contributed by atoms with Crippen LogP contribution in [0.2, 0.25) is 0 Å². The van der Waals surface area contributed by atoms with Crippen LogP contribution in [-0.2, 0) is 6.54 Å². The van der Waals surface area contributed by atoms with Gasteiger partial charge in [0.2, 0.25) is 0 Å². The van der Waals surface area contributed by atoms with Gasteiger partial charge in [-0.05, 0) is 51.4 Å². The number of hydrogen-bond acceptors (Lipinski definition) is 4. The molecule has 0 spiro atoms. The first-order valence-corrected chi connectivity index (χ1v) is 9.70. The number of ether oxygens (including phenoxy) is 2. The molecule has 0 radical (unpaired) electrons. The van der Waals surface area contributed by atoms with Gasteiger partial charge in [0, 0.05) is 25.7 Å². The maximum atomic E-state index is 13.0. The monoisotopic (exact) mass is 402 g/mol. The molecular weight excluding hydrogens is 371 g/mol. The minimum atomic E-state index is -0.279. The van der Waals surface area contributed by atoms with Crippen LogP contribution in [-0.4, -0.2) is 57.8 Å². The molecule has 0 bridgehead atoms. The third-order valence-electron chi connectivity index (χ3n) is 4.15. The molecule has 1 unspecified atom stereocenters. The highest BCUT2D eigenvalue weighted by molar-refractivity contribution is 5.79. The number of hydrogen-bond donors (Lipinski definition) is 2. The molecule has 0 aromatic heterocycles. The maximum absolute atomic E-state index is 13.0. The molecule has 2 N–H and O–H groups in total. The molecule has 2 rings (SSSR count). The zero-order valence-corrected chi connectivity index (χ0v) is 17.6. The largest absolute Gasteiger partial charge is 0.492 e. The van der Waals surface area contributed by atoms with Crippen molar-refractivity contribution in [2.24, 2.45) is 4.99 Å². The van der Waals surface area contributed by atoms with Gasteiger partial charge in [0.25, 0.3) is 0 Å². The van der Waals surface area contributed by atoms with E-state index < -0.39 is 0 Å². The van der Waals surface area contributed by atoms with E-state index in [1.165, 1.54) is 12.1 Å². The van der Waals surface area contributed by atoms with E-state index in [2.05, 4.69) is 20.5 Å². The van der Waals surface area contributed by atoms with Crippen molar-refractivity contribution in [1.82, 2.24) is 15.5 Å². The number of para-hydroxylation sites is 1. The second kappa shape index (κ2) is 11.9. The Labute approximate surface area is 172 Å². The smallest absolute Gasteiger partial charge is 0.191 e. The number of halogens is 1. The van der Waals surface area contributed by atoms with E-state index in [0.717, 1.165) is 17.9 Å². The van der Waals surface area contributed by atoms with Gasteiger partial charge < -0.3 is 25.0 Å². The summed E-state index contributed by atoms with van der Waals surface area (Å²) < 4.78 is 24.7. The molecule has 0 heterocycles. The van der Waals surface area contributed by atoms with Gasteiger partial charge in [0.15, 0.2) is 5.96 Å². The van der Waals surface area contributed by atoms with Crippen molar-refractivity contribution in [3.63, 3.8) is 0 Å². The summed E-state index contributed by atoms with van der Waals surface area (Å²) in [6.45, 7) is 4.58. The maximum Gasteiger partial charge on any atom is 0.191 e. The Morgan fingerprint density at radius 2 is 1.83 bits per heavy atom. The Bertz CT molecular complexity index is 766. The first-order valence-electron chi connectivity index (χ1n) is 9.70. The molecule has 2 aromatic rings. The highest BCUT2D eigenvalue weighted by atomic mass is 19.1. The third-order valence-corrected chi connectivity index (χ3v) is 4.15. The lowest BCUT2D eigenvalue weighted by Crippen LogP contribution is -2.41. The molecule has 0 aliphatic carbocycles. The van der Waals surface area contributed by atoms with Crippen LogP contribution in [0.15, 0.2) is 53.5 Å². The summed E-state index contributed by atoms with van der Waals surface area (Å²) in [5, 5.41) is 6.54. The number of nitrogens with zero attached hydrogens (tertiary/aromatic N) is 2. The van der Waals surface area contributed by atoms with E-state index in [1.54, 1.807) is 19.2 Å². The summed E-state index contributed by atoms with van der Waals surface area (Å²) in [6, 6.07) is 14.0.